The molecule has 2 aromatic carbocycles. The monoisotopic (exact) mass is 729 g/mol. The highest BCUT2D eigenvalue weighted by atomic mass is 127. The van der Waals surface area contributed by atoms with E-state index in [2.05, 4.69) is 77.5 Å². The third-order valence-corrected chi connectivity index (χ3v) is 6.72. The zero-order chi connectivity index (χ0) is 21.1. The number of benzene rings is 2. The number of aryl methyl sites for hydroxylation is 1. The minimum atomic E-state index is -0.493. The number of halogens is 3. The van der Waals surface area contributed by atoms with E-state index in [0.29, 0.717) is 11.6 Å². The van der Waals surface area contributed by atoms with Gasteiger partial charge in [0.2, 0.25) is 5.90 Å². The van der Waals surface area contributed by atoms with E-state index < -0.39 is 11.9 Å². The van der Waals surface area contributed by atoms with Crippen LogP contribution in [0.4, 0.5) is 0 Å². The maximum atomic E-state index is 12.3. The highest BCUT2D eigenvalue weighted by Gasteiger charge is 2.24. The summed E-state index contributed by atoms with van der Waals surface area (Å²) >= 11 is 6.49. The Morgan fingerprint density at radius 3 is 2.45 bits per heavy atom. The second-order valence-electron chi connectivity index (χ2n) is 5.98. The highest BCUT2D eigenvalue weighted by molar-refractivity contribution is 14.1. The van der Waals surface area contributed by atoms with Crippen LogP contribution < -0.4 is 4.74 Å². The third kappa shape index (κ3) is 5.48. The molecule has 1 aliphatic rings. The van der Waals surface area contributed by atoms with E-state index in [1.54, 1.807) is 6.08 Å². The number of hydrogen-bond acceptors (Lipinski definition) is 6. The molecule has 0 N–H and O–H groups in total. The summed E-state index contributed by atoms with van der Waals surface area (Å²) in [5.74, 6) is -0.0640. The quantitative estimate of drug-likeness (QED) is 0.254. The minimum absolute atomic E-state index is 0.168. The summed E-state index contributed by atoms with van der Waals surface area (Å²) in [4.78, 5) is 27.9. The normalized spacial score (nSPS) is 14.6. The van der Waals surface area contributed by atoms with Gasteiger partial charge < -0.3 is 14.2 Å². The Balaban J connectivity index is 1.87. The van der Waals surface area contributed by atoms with Crippen molar-refractivity contribution in [2.24, 2.45) is 4.99 Å². The smallest absolute Gasteiger partial charge is 0.363 e. The molecular formula is C20H14I3NO5. The van der Waals surface area contributed by atoms with Crippen LogP contribution in [0.25, 0.3) is 6.08 Å². The number of nitrogens with zero attached hydrogens (tertiary/aromatic N) is 1. The maximum Gasteiger partial charge on any atom is 0.363 e. The lowest BCUT2D eigenvalue weighted by atomic mass is 10.1. The van der Waals surface area contributed by atoms with Gasteiger partial charge in [0.05, 0.1) is 14.3 Å². The summed E-state index contributed by atoms with van der Waals surface area (Å²) < 4.78 is 18.2. The molecule has 0 aliphatic carbocycles. The molecule has 0 saturated carbocycles. The lowest BCUT2D eigenvalue weighted by molar-refractivity contribution is -0.143. The van der Waals surface area contributed by atoms with Crippen molar-refractivity contribution in [3.63, 3.8) is 0 Å². The van der Waals surface area contributed by atoms with Gasteiger partial charge in [-0.25, -0.2) is 14.6 Å². The first kappa shape index (κ1) is 22.5. The van der Waals surface area contributed by atoms with Crippen molar-refractivity contribution in [2.45, 2.75) is 6.92 Å². The molecule has 3 rings (SSSR count). The molecule has 150 valence electrons. The fraction of sp³-hybridized carbons (Fsp3) is 0.150. The van der Waals surface area contributed by atoms with Crippen LogP contribution in [0, 0.1) is 17.6 Å². The van der Waals surface area contributed by atoms with E-state index in [-0.39, 0.29) is 12.3 Å². The van der Waals surface area contributed by atoms with E-state index >= 15 is 0 Å². The van der Waals surface area contributed by atoms with Gasteiger partial charge in [0.1, 0.15) is 5.75 Å². The zero-order valence-corrected chi connectivity index (χ0v) is 21.8. The van der Waals surface area contributed by atoms with Gasteiger partial charge in [-0.15, -0.1) is 0 Å². The van der Waals surface area contributed by atoms with Crippen LogP contribution in [-0.4, -0.2) is 31.6 Å². The molecule has 0 bridgehead atoms. The molecule has 0 fully saturated rings. The molecule has 1 aliphatic heterocycles. The molecular weight excluding hydrogens is 715 g/mol. The number of carbonyl (C=O) groups excluding carboxylic acids is 2. The Hall–Kier alpha value is -1.22. The Labute approximate surface area is 208 Å². The fourth-order valence-corrected chi connectivity index (χ4v) is 4.92. The molecule has 0 amide bonds. The molecule has 29 heavy (non-hydrogen) atoms. The van der Waals surface area contributed by atoms with E-state index in [4.69, 9.17) is 9.47 Å². The number of aliphatic imine (C=N–C) groups is 1. The Bertz CT molecular complexity index is 1040. The van der Waals surface area contributed by atoms with Gasteiger partial charge in [-0.05, 0) is 122 Å². The Kier molecular flexibility index (Phi) is 7.53. The number of hydrogen-bond donors (Lipinski definition) is 0. The first-order chi connectivity index (χ1) is 13.8. The largest absolute Gasteiger partial charge is 0.480 e. The first-order valence-corrected chi connectivity index (χ1v) is 11.5. The van der Waals surface area contributed by atoms with Crippen molar-refractivity contribution >= 4 is 91.7 Å². The second-order valence-corrected chi connectivity index (χ2v) is 9.47. The predicted molar refractivity (Wildman–Crippen MR) is 134 cm³/mol. The first-order valence-electron chi connectivity index (χ1n) is 8.26. The molecule has 0 saturated heterocycles. The van der Waals surface area contributed by atoms with Crippen LogP contribution in [-0.2, 0) is 19.1 Å². The van der Waals surface area contributed by atoms with Crippen LogP contribution in [0.2, 0.25) is 0 Å². The van der Waals surface area contributed by atoms with E-state index in [0.717, 1.165) is 27.4 Å². The van der Waals surface area contributed by atoms with Crippen molar-refractivity contribution in [2.75, 3.05) is 13.7 Å². The van der Waals surface area contributed by atoms with Crippen LogP contribution in [0.3, 0.4) is 0 Å². The predicted octanol–water partition coefficient (Wildman–Crippen LogP) is 4.71. The maximum absolute atomic E-state index is 12.3. The average molecular weight is 729 g/mol. The summed E-state index contributed by atoms with van der Waals surface area (Å²) in [6.07, 6.45) is 1.67. The van der Waals surface area contributed by atoms with E-state index in [1.165, 1.54) is 7.11 Å². The van der Waals surface area contributed by atoms with Crippen LogP contribution in [0.15, 0.2) is 41.0 Å². The molecule has 0 unspecified atom stereocenters. The Morgan fingerprint density at radius 2 is 1.83 bits per heavy atom. The molecule has 6 nitrogen and oxygen atoms in total. The molecule has 1 heterocycles. The minimum Gasteiger partial charge on any atom is -0.480 e. The zero-order valence-electron chi connectivity index (χ0n) is 15.3. The van der Waals surface area contributed by atoms with Crippen LogP contribution in [0.5, 0.6) is 5.75 Å². The summed E-state index contributed by atoms with van der Waals surface area (Å²) in [5, 5.41) is 0. The van der Waals surface area contributed by atoms with E-state index in [1.807, 2.05) is 37.3 Å². The van der Waals surface area contributed by atoms with Gasteiger partial charge in [0.15, 0.2) is 12.3 Å². The third-order valence-electron chi connectivity index (χ3n) is 3.91. The number of ether oxygens (including phenoxy) is 3. The SMILES string of the molecule is COC(=O)COc1c(I)cc(/C=C2\N=C(c3ccc(I)c(C)c3)OC2=O)cc1I. The fourth-order valence-electron chi connectivity index (χ4n) is 2.46. The topological polar surface area (TPSA) is 74.2 Å². The van der Waals surface area contributed by atoms with Crippen LogP contribution >= 0.6 is 67.8 Å². The molecule has 0 atom stereocenters. The van der Waals surface area contributed by atoms with Crippen molar-refractivity contribution in [3.8, 4) is 5.75 Å². The summed E-state index contributed by atoms with van der Waals surface area (Å²) in [5.41, 5.74) is 2.85. The summed E-state index contributed by atoms with van der Waals surface area (Å²) in [6.45, 7) is 1.82. The summed E-state index contributed by atoms with van der Waals surface area (Å²) in [7, 11) is 1.31. The molecule has 0 spiro atoms. The van der Waals surface area contributed by atoms with E-state index in [9.17, 15) is 9.59 Å². The average Bonchev–Trinajstić information content (AvgIpc) is 3.03. The van der Waals surface area contributed by atoms with Crippen LogP contribution in [0.1, 0.15) is 16.7 Å². The highest BCUT2D eigenvalue weighted by Crippen LogP contribution is 2.30. The van der Waals surface area contributed by atoms with Crippen molar-refractivity contribution < 1.29 is 23.8 Å². The van der Waals surface area contributed by atoms with Gasteiger partial charge in [0, 0.05) is 9.13 Å². The summed E-state index contributed by atoms with van der Waals surface area (Å²) in [6, 6.07) is 9.47. The number of methoxy groups -OCH3 is 1. The lowest BCUT2D eigenvalue weighted by Gasteiger charge is -2.10. The van der Waals surface area contributed by atoms with Crippen molar-refractivity contribution in [1.29, 1.82) is 0 Å². The number of carbonyl (C=O) groups is 2. The molecule has 0 radical (unpaired) electrons. The Morgan fingerprint density at radius 1 is 1.14 bits per heavy atom. The number of rotatable bonds is 5. The van der Waals surface area contributed by atoms with Gasteiger partial charge in [-0.1, -0.05) is 0 Å². The standard InChI is InChI=1S/C20H14I3NO5/c1-10-5-12(3-4-13(10)21)19-24-16(20(26)29-19)8-11-6-14(22)18(15(23)7-11)28-9-17(25)27-2/h3-8H,9H2,1-2H3/b16-8-. The van der Waals surface area contributed by atoms with Gasteiger partial charge in [0.25, 0.3) is 0 Å². The second kappa shape index (κ2) is 9.73. The van der Waals surface area contributed by atoms with Gasteiger partial charge in [-0.3, -0.25) is 0 Å². The van der Waals surface area contributed by atoms with Gasteiger partial charge >= 0.3 is 11.9 Å². The molecule has 9 heteroatoms. The van der Waals surface area contributed by atoms with Crippen molar-refractivity contribution in [1.82, 2.24) is 0 Å². The molecule has 2 aromatic rings. The number of esters is 2. The van der Waals surface area contributed by atoms with Gasteiger partial charge in [-0.2, -0.15) is 0 Å². The molecule has 0 aromatic heterocycles. The van der Waals surface area contributed by atoms with Crippen molar-refractivity contribution in [3.05, 3.63) is 63.4 Å². The number of cyclic esters (lactones) is 1. The lowest BCUT2D eigenvalue weighted by Crippen LogP contribution is -2.13.